The number of hydrogen-bond donors (Lipinski definition) is 0. The topological polar surface area (TPSA) is 19.6 Å². The summed E-state index contributed by atoms with van der Waals surface area (Å²) in [5, 5.41) is 2.18. The van der Waals surface area contributed by atoms with Gasteiger partial charge in [0.25, 0.3) is 0 Å². The maximum absolute atomic E-state index is 7.12. The van der Waals surface area contributed by atoms with Crippen LogP contribution in [-0.4, -0.2) is 0 Å². The van der Waals surface area contributed by atoms with Crippen LogP contribution in [0.3, 0.4) is 0 Å². The highest BCUT2D eigenvalue weighted by molar-refractivity contribution is 6.16. The Hall–Kier alpha value is -7.62. The van der Waals surface area contributed by atoms with Gasteiger partial charge >= 0.3 is 0 Å². The number of rotatable bonds is 8. The summed E-state index contributed by atoms with van der Waals surface area (Å²) in [4.78, 5) is 4.82. The minimum atomic E-state index is -0.705. The van der Waals surface area contributed by atoms with Gasteiger partial charge in [0.05, 0.1) is 11.1 Å². The Labute approximate surface area is 363 Å². The fourth-order valence-corrected chi connectivity index (χ4v) is 9.76. The average Bonchev–Trinajstić information content (AvgIpc) is 3.83. The van der Waals surface area contributed by atoms with Crippen LogP contribution in [-0.2, 0) is 5.41 Å². The number of para-hydroxylation sites is 1. The third-order valence-corrected chi connectivity index (χ3v) is 12.8. The van der Waals surface area contributed by atoms with Crippen LogP contribution in [0, 0.1) is 27.7 Å². The SMILES string of the molecule is Cc1ccc(N(c2ccc(C)cc2)c2ccc3c(c2)C(c2ccccc2)(c2ccccc2)c2cc4c(oc5ccccc54)c(N(c4ccc(C)cc4)c4ccc(C)cc4)c2-3)cc1. The lowest BCUT2D eigenvalue weighted by atomic mass is 9.67. The molecule has 3 heteroatoms. The summed E-state index contributed by atoms with van der Waals surface area (Å²) >= 11 is 0. The number of nitrogens with zero attached hydrogens (tertiary/aromatic N) is 2. The summed E-state index contributed by atoms with van der Waals surface area (Å²) in [6, 6.07) is 75.8. The Morgan fingerprint density at radius 2 is 0.806 bits per heavy atom. The fraction of sp³-hybridized carbons (Fsp3) is 0.0847. The standard InChI is InChI=1S/C59H46N2O/c1-39-19-27-45(28-20-39)60(46-29-21-40(2)22-30-46)49-35-36-51-53(37-49)59(43-13-7-5-8-14-43,44-15-9-6-10-16-44)54-38-52-50-17-11-12-18-55(50)62-58(52)57(56(51)54)61(47-31-23-41(3)24-32-47)48-33-25-42(4)26-34-48/h5-38H,1-4H3. The predicted octanol–water partition coefficient (Wildman–Crippen LogP) is 16.1. The first-order chi connectivity index (χ1) is 30.4. The van der Waals surface area contributed by atoms with E-state index in [-0.39, 0.29) is 0 Å². The van der Waals surface area contributed by atoms with Crippen molar-refractivity contribution in [2.45, 2.75) is 33.1 Å². The molecule has 0 aliphatic heterocycles. The average molecular weight is 799 g/mol. The highest BCUT2D eigenvalue weighted by Crippen LogP contribution is 2.62. The van der Waals surface area contributed by atoms with Gasteiger partial charge in [-0.2, -0.15) is 0 Å². The van der Waals surface area contributed by atoms with Gasteiger partial charge in [-0.05, 0) is 128 Å². The van der Waals surface area contributed by atoms with Gasteiger partial charge in [-0.3, -0.25) is 0 Å². The molecule has 3 nitrogen and oxygen atoms in total. The molecule has 0 atom stereocenters. The molecule has 0 N–H and O–H groups in total. The van der Waals surface area contributed by atoms with E-state index in [1.807, 2.05) is 0 Å². The van der Waals surface area contributed by atoms with Crippen molar-refractivity contribution >= 4 is 56.1 Å². The number of aryl methyl sites for hydroxylation is 4. The Morgan fingerprint density at radius 1 is 0.371 bits per heavy atom. The Bertz CT molecular complexity index is 3110. The van der Waals surface area contributed by atoms with Crippen LogP contribution < -0.4 is 9.80 Å². The van der Waals surface area contributed by atoms with Crippen LogP contribution in [0.4, 0.5) is 34.1 Å². The molecule has 1 aliphatic rings. The molecule has 9 aromatic carbocycles. The van der Waals surface area contributed by atoms with E-state index in [1.165, 1.54) is 50.1 Å². The van der Waals surface area contributed by atoms with E-state index in [1.54, 1.807) is 0 Å². The Morgan fingerprint density at radius 3 is 1.31 bits per heavy atom. The molecule has 0 bridgehead atoms. The van der Waals surface area contributed by atoms with Gasteiger partial charge in [-0.1, -0.05) is 156 Å². The zero-order valence-electron chi connectivity index (χ0n) is 35.4. The first-order valence-corrected chi connectivity index (χ1v) is 21.5. The predicted molar refractivity (Wildman–Crippen MR) is 259 cm³/mol. The number of fused-ring (bicyclic) bond motifs is 6. The maximum Gasteiger partial charge on any atom is 0.160 e. The molecule has 1 heterocycles. The first kappa shape index (κ1) is 37.4. The van der Waals surface area contributed by atoms with E-state index in [0.29, 0.717) is 0 Å². The second-order valence-electron chi connectivity index (χ2n) is 16.8. The molecule has 10 aromatic rings. The molecule has 62 heavy (non-hydrogen) atoms. The van der Waals surface area contributed by atoms with Crippen LogP contribution in [0.2, 0.25) is 0 Å². The van der Waals surface area contributed by atoms with Gasteiger partial charge in [0, 0.05) is 44.8 Å². The molecule has 0 saturated heterocycles. The van der Waals surface area contributed by atoms with Crippen LogP contribution in [0.15, 0.2) is 211 Å². The molecule has 1 aromatic heterocycles. The number of furan rings is 1. The van der Waals surface area contributed by atoms with Crippen molar-refractivity contribution in [3.05, 3.63) is 251 Å². The highest BCUT2D eigenvalue weighted by Gasteiger charge is 2.49. The lowest BCUT2D eigenvalue weighted by Gasteiger charge is -2.35. The molecule has 298 valence electrons. The van der Waals surface area contributed by atoms with Gasteiger partial charge in [0.15, 0.2) is 5.58 Å². The molecule has 0 unspecified atom stereocenters. The minimum absolute atomic E-state index is 0.705. The van der Waals surface area contributed by atoms with Crippen LogP contribution in [0.25, 0.3) is 33.1 Å². The van der Waals surface area contributed by atoms with Crippen LogP contribution >= 0.6 is 0 Å². The quantitative estimate of drug-likeness (QED) is 0.153. The number of anilines is 6. The molecule has 0 radical (unpaired) electrons. The van der Waals surface area contributed by atoms with Crippen molar-refractivity contribution in [1.82, 2.24) is 0 Å². The zero-order valence-corrected chi connectivity index (χ0v) is 35.4. The molecule has 0 saturated carbocycles. The normalized spacial score (nSPS) is 12.6. The highest BCUT2D eigenvalue weighted by atomic mass is 16.3. The van der Waals surface area contributed by atoms with E-state index >= 15 is 0 Å². The molecule has 1 aliphatic carbocycles. The first-order valence-electron chi connectivity index (χ1n) is 21.5. The fourth-order valence-electron chi connectivity index (χ4n) is 9.76. The van der Waals surface area contributed by atoms with Crippen molar-refractivity contribution in [2.75, 3.05) is 9.80 Å². The summed E-state index contributed by atoms with van der Waals surface area (Å²) in [7, 11) is 0. The van der Waals surface area contributed by atoms with E-state index in [0.717, 1.165) is 61.6 Å². The second-order valence-corrected chi connectivity index (χ2v) is 16.8. The smallest absolute Gasteiger partial charge is 0.160 e. The zero-order chi connectivity index (χ0) is 42.0. The molecule has 11 rings (SSSR count). The van der Waals surface area contributed by atoms with Gasteiger partial charge in [-0.25, -0.2) is 0 Å². The van der Waals surface area contributed by atoms with Gasteiger partial charge in [-0.15, -0.1) is 0 Å². The van der Waals surface area contributed by atoms with E-state index in [4.69, 9.17) is 4.42 Å². The van der Waals surface area contributed by atoms with Crippen molar-refractivity contribution < 1.29 is 4.42 Å². The molecular weight excluding hydrogens is 753 g/mol. The largest absolute Gasteiger partial charge is 0.454 e. The van der Waals surface area contributed by atoms with Gasteiger partial charge in [0.2, 0.25) is 0 Å². The van der Waals surface area contributed by atoms with Crippen LogP contribution in [0.1, 0.15) is 44.5 Å². The Kier molecular flexibility index (Phi) is 8.94. The molecule has 0 spiro atoms. The maximum atomic E-state index is 7.12. The lowest BCUT2D eigenvalue weighted by Crippen LogP contribution is -2.29. The Balaban J connectivity index is 1.31. The summed E-state index contributed by atoms with van der Waals surface area (Å²) < 4.78 is 7.12. The van der Waals surface area contributed by atoms with E-state index < -0.39 is 5.41 Å². The van der Waals surface area contributed by atoms with Crippen molar-refractivity contribution in [3.63, 3.8) is 0 Å². The molecule has 0 amide bonds. The lowest BCUT2D eigenvalue weighted by molar-refractivity contribution is 0.669. The van der Waals surface area contributed by atoms with Crippen LogP contribution in [0.5, 0.6) is 0 Å². The third kappa shape index (κ3) is 5.96. The second kappa shape index (κ2) is 14.8. The van der Waals surface area contributed by atoms with Crippen molar-refractivity contribution in [3.8, 4) is 11.1 Å². The number of hydrogen-bond acceptors (Lipinski definition) is 3. The minimum Gasteiger partial charge on any atom is -0.454 e. The summed E-state index contributed by atoms with van der Waals surface area (Å²) in [6.45, 7) is 8.59. The van der Waals surface area contributed by atoms with Crippen molar-refractivity contribution in [2.24, 2.45) is 0 Å². The van der Waals surface area contributed by atoms with Crippen molar-refractivity contribution in [1.29, 1.82) is 0 Å². The summed E-state index contributed by atoms with van der Waals surface area (Å²) in [5.74, 6) is 0. The monoisotopic (exact) mass is 798 g/mol. The molecule has 0 fully saturated rings. The van der Waals surface area contributed by atoms with Gasteiger partial charge in [0.1, 0.15) is 5.58 Å². The molecular formula is C59H46N2O. The summed E-state index contributed by atoms with van der Waals surface area (Å²) in [6.07, 6.45) is 0. The van der Waals surface area contributed by atoms with Gasteiger partial charge < -0.3 is 14.2 Å². The van der Waals surface area contributed by atoms with E-state index in [2.05, 4.69) is 244 Å². The third-order valence-electron chi connectivity index (χ3n) is 12.8. The number of benzene rings is 9. The van der Waals surface area contributed by atoms with E-state index in [9.17, 15) is 0 Å². The summed E-state index contributed by atoms with van der Waals surface area (Å²) in [5.41, 5.74) is 19.5.